The van der Waals surface area contributed by atoms with E-state index in [9.17, 15) is 0 Å². The third kappa shape index (κ3) is 6.69. The van der Waals surface area contributed by atoms with Crippen LogP contribution in [0.5, 0.6) is 0 Å². The molecule has 0 aliphatic carbocycles. The SMILES string of the molecule is CCCCO[Si](OCCCC)(OCCCC)C(C)(C)C(C)C. The maximum Gasteiger partial charge on any atom is 0.507 e. The summed E-state index contributed by atoms with van der Waals surface area (Å²) in [6, 6.07) is 0. The summed E-state index contributed by atoms with van der Waals surface area (Å²) in [7, 11) is -2.70. The topological polar surface area (TPSA) is 27.7 Å². The highest BCUT2D eigenvalue weighted by molar-refractivity contribution is 6.64. The van der Waals surface area contributed by atoms with Gasteiger partial charge in [0.1, 0.15) is 0 Å². The summed E-state index contributed by atoms with van der Waals surface area (Å²) in [6.07, 6.45) is 6.61. The van der Waals surface area contributed by atoms with Crippen LogP contribution < -0.4 is 0 Å². The first-order valence-electron chi connectivity index (χ1n) is 9.29. The first-order chi connectivity index (χ1) is 10.4. The predicted octanol–water partition coefficient (Wildman–Crippen LogP) is 5.81. The van der Waals surface area contributed by atoms with Crippen LogP contribution in [0.25, 0.3) is 0 Å². The van der Waals surface area contributed by atoms with Crippen molar-refractivity contribution in [1.29, 1.82) is 0 Å². The van der Waals surface area contributed by atoms with Gasteiger partial charge in [0.05, 0.1) is 0 Å². The van der Waals surface area contributed by atoms with Crippen LogP contribution >= 0.6 is 0 Å². The number of hydrogen-bond donors (Lipinski definition) is 0. The van der Waals surface area contributed by atoms with Crippen LogP contribution in [0, 0.1) is 5.92 Å². The molecule has 0 saturated carbocycles. The highest BCUT2D eigenvalue weighted by Crippen LogP contribution is 2.46. The lowest BCUT2D eigenvalue weighted by atomic mass is 9.99. The Morgan fingerprint density at radius 2 is 1.05 bits per heavy atom. The highest BCUT2D eigenvalue weighted by Gasteiger charge is 2.57. The molecule has 0 saturated heterocycles. The summed E-state index contributed by atoms with van der Waals surface area (Å²) in [5.74, 6) is 0.462. The van der Waals surface area contributed by atoms with Gasteiger partial charge in [-0.3, -0.25) is 0 Å². The van der Waals surface area contributed by atoms with E-state index in [-0.39, 0.29) is 5.04 Å². The fraction of sp³-hybridized carbons (Fsp3) is 1.00. The van der Waals surface area contributed by atoms with E-state index in [4.69, 9.17) is 13.3 Å². The van der Waals surface area contributed by atoms with Crippen molar-refractivity contribution in [1.82, 2.24) is 0 Å². The Morgan fingerprint density at radius 1 is 0.727 bits per heavy atom. The zero-order valence-corrected chi connectivity index (χ0v) is 17.2. The Hall–Kier alpha value is 0.0969. The van der Waals surface area contributed by atoms with Crippen molar-refractivity contribution in [3.63, 3.8) is 0 Å². The van der Waals surface area contributed by atoms with E-state index >= 15 is 0 Å². The third-order valence-corrected chi connectivity index (χ3v) is 8.51. The normalized spacial score (nSPS) is 13.1. The van der Waals surface area contributed by atoms with E-state index in [1.54, 1.807) is 0 Å². The summed E-state index contributed by atoms with van der Waals surface area (Å²) in [5.41, 5.74) is 0. The van der Waals surface area contributed by atoms with Crippen molar-refractivity contribution in [2.24, 2.45) is 5.92 Å². The number of hydrogen-bond acceptors (Lipinski definition) is 3. The monoisotopic (exact) mass is 332 g/mol. The number of rotatable bonds is 14. The lowest BCUT2D eigenvalue weighted by Gasteiger charge is -2.44. The maximum atomic E-state index is 6.38. The van der Waals surface area contributed by atoms with E-state index in [2.05, 4.69) is 48.5 Å². The Morgan fingerprint density at radius 3 is 1.27 bits per heavy atom. The van der Waals surface area contributed by atoms with Gasteiger partial charge in [0.2, 0.25) is 0 Å². The van der Waals surface area contributed by atoms with Crippen LogP contribution in [0.1, 0.15) is 87.0 Å². The molecule has 0 N–H and O–H groups in total. The van der Waals surface area contributed by atoms with Crippen molar-refractivity contribution in [2.75, 3.05) is 19.8 Å². The molecule has 0 aliphatic heterocycles. The van der Waals surface area contributed by atoms with Crippen LogP contribution in [-0.4, -0.2) is 28.6 Å². The molecule has 0 bridgehead atoms. The summed E-state index contributed by atoms with van der Waals surface area (Å²) in [6.45, 7) is 17.8. The molecule has 0 spiro atoms. The Kier molecular flexibility index (Phi) is 11.7. The van der Waals surface area contributed by atoms with Crippen molar-refractivity contribution in [3.8, 4) is 0 Å². The molecule has 0 aromatic heterocycles. The van der Waals surface area contributed by atoms with Gasteiger partial charge in [-0.1, -0.05) is 67.7 Å². The molecule has 0 aliphatic rings. The fourth-order valence-corrected chi connectivity index (χ4v) is 5.40. The van der Waals surface area contributed by atoms with Gasteiger partial charge in [-0.15, -0.1) is 0 Å². The van der Waals surface area contributed by atoms with Crippen LogP contribution in [0.2, 0.25) is 5.04 Å². The average Bonchev–Trinajstić information content (AvgIpc) is 2.47. The van der Waals surface area contributed by atoms with Crippen LogP contribution in [0.15, 0.2) is 0 Å². The Bertz CT molecular complexity index is 241. The molecule has 0 rings (SSSR count). The van der Waals surface area contributed by atoms with Gasteiger partial charge in [0.15, 0.2) is 0 Å². The average molecular weight is 333 g/mol. The van der Waals surface area contributed by atoms with Crippen LogP contribution in [0.3, 0.4) is 0 Å². The minimum Gasteiger partial charge on any atom is -0.373 e. The van der Waals surface area contributed by atoms with Crippen molar-refractivity contribution < 1.29 is 13.3 Å². The molecular weight excluding hydrogens is 292 g/mol. The molecule has 0 heterocycles. The summed E-state index contributed by atoms with van der Waals surface area (Å²) < 4.78 is 19.2. The molecule has 0 amide bonds. The van der Waals surface area contributed by atoms with Gasteiger partial charge in [0, 0.05) is 24.9 Å². The van der Waals surface area contributed by atoms with Crippen LogP contribution in [-0.2, 0) is 13.3 Å². The van der Waals surface area contributed by atoms with E-state index < -0.39 is 8.80 Å². The van der Waals surface area contributed by atoms with E-state index in [0.29, 0.717) is 5.92 Å². The summed E-state index contributed by atoms with van der Waals surface area (Å²) in [5, 5.41) is -0.0672. The third-order valence-electron chi connectivity index (χ3n) is 4.60. The van der Waals surface area contributed by atoms with Gasteiger partial charge in [-0.05, 0) is 25.2 Å². The molecule has 0 atom stereocenters. The van der Waals surface area contributed by atoms with E-state index in [1.807, 2.05) is 0 Å². The molecule has 4 heteroatoms. The molecule has 134 valence electrons. The lowest BCUT2D eigenvalue weighted by molar-refractivity contribution is 0.0272. The molecule has 22 heavy (non-hydrogen) atoms. The van der Waals surface area contributed by atoms with E-state index in [1.165, 1.54) is 0 Å². The van der Waals surface area contributed by atoms with Gasteiger partial charge >= 0.3 is 8.80 Å². The molecular formula is C18H40O3Si. The smallest absolute Gasteiger partial charge is 0.373 e. The standard InChI is InChI=1S/C18H40O3Si/c1-8-11-14-19-22(20-15-12-9-2,21-16-13-10-3)18(6,7)17(4)5/h17H,8-16H2,1-7H3. The van der Waals surface area contributed by atoms with Gasteiger partial charge in [0.25, 0.3) is 0 Å². The molecule has 3 nitrogen and oxygen atoms in total. The Labute approximate surface area is 140 Å². The quantitative estimate of drug-likeness (QED) is 0.297. The lowest BCUT2D eigenvalue weighted by Crippen LogP contribution is -2.56. The molecule has 0 aromatic rings. The minimum atomic E-state index is -2.70. The summed E-state index contributed by atoms with van der Waals surface area (Å²) in [4.78, 5) is 0. The zero-order chi connectivity index (χ0) is 17.1. The first-order valence-corrected chi connectivity index (χ1v) is 11.0. The van der Waals surface area contributed by atoms with Gasteiger partial charge < -0.3 is 13.3 Å². The number of unbranched alkanes of at least 4 members (excludes halogenated alkanes) is 3. The molecule has 0 fully saturated rings. The van der Waals surface area contributed by atoms with Crippen molar-refractivity contribution >= 4 is 8.80 Å². The van der Waals surface area contributed by atoms with E-state index in [0.717, 1.165) is 58.3 Å². The summed E-state index contributed by atoms with van der Waals surface area (Å²) >= 11 is 0. The van der Waals surface area contributed by atoms with Gasteiger partial charge in [-0.25, -0.2) is 0 Å². The Balaban J connectivity index is 5.18. The first kappa shape index (κ1) is 22.1. The van der Waals surface area contributed by atoms with Gasteiger partial charge in [-0.2, -0.15) is 0 Å². The second kappa shape index (κ2) is 11.6. The largest absolute Gasteiger partial charge is 0.507 e. The molecule has 0 unspecified atom stereocenters. The fourth-order valence-electron chi connectivity index (χ4n) is 2.09. The zero-order valence-electron chi connectivity index (χ0n) is 16.2. The highest BCUT2D eigenvalue weighted by atomic mass is 28.4. The maximum absolute atomic E-state index is 6.38. The predicted molar refractivity (Wildman–Crippen MR) is 97.2 cm³/mol. The van der Waals surface area contributed by atoms with Crippen LogP contribution in [0.4, 0.5) is 0 Å². The second-order valence-electron chi connectivity index (χ2n) is 7.04. The second-order valence-corrected chi connectivity index (χ2v) is 10.3. The van der Waals surface area contributed by atoms with Crippen molar-refractivity contribution in [3.05, 3.63) is 0 Å². The minimum absolute atomic E-state index is 0.0672. The molecule has 0 aromatic carbocycles. The van der Waals surface area contributed by atoms with Crippen molar-refractivity contribution in [2.45, 2.75) is 92.0 Å². The molecule has 0 radical (unpaired) electrons.